The van der Waals surface area contributed by atoms with Crippen molar-refractivity contribution >= 4 is 28.0 Å². The van der Waals surface area contributed by atoms with Crippen molar-refractivity contribution in [2.75, 3.05) is 0 Å². The van der Waals surface area contributed by atoms with E-state index in [-0.39, 0.29) is 23.3 Å². The van der Waals surface area contributed by atoms with Crippen molar-refractivity contribution in [3.05, 3.63) is 48.2 Å². The molecule has 1 aliphatic carbocycles. The van der Waals surface area contributed by atoms with E-state index in [1.165, 1.54) is 0 Å². The molecule has 2 bridgehead atoms. The van der Waals surface area contributed by atoms with Crippen LogP contribution in [0, 0.1) is 29.6 Å². The Morgan fingerprint density at radius 2 is 1.62 bits per heavy atom. The fourth-order valence-corrected chi connectivity index (χ4v) is 5.66. The highest BCUT2D eigenvalue weighted by atomic mass is 32.2. The largest absolute Gasteiger partial charge is 0.525 e. The average molecular weight is 572 g/mol. The molecule has 3 rings (SSSR count). The van der Waals surface area contributed by atoms with Crippen LogP contribution in [0.2, 0.25) is 0 Å². The highest BCUT2D eigenvalue weighted by molar-refractivity contribution is 7.87. The maximum atomic E-state index is 13.1. The molecule has 0 radical (unpaired) electrons. The predicted molar refractivity (Wildman–Crippen MR) is 140 cm³/mol. The Labute approximate surface area is 228 Å². The molecule has 2 aliphatic rings. The lowest BCUT2D eigenvalue weighted by Crippen LogP contribution is -2.55. The molecule has 1 saturated heterocycles. The molecular formula is C28H36F3NO6S. The number of hydrogen-bond donors (Lipinski definition) is 0. The van der Waals surface area contributed by atoms with E-state index in [0.29, 0.717) is 37.2 Å². The van der Waals surface area contributed by atoms with Gasteiger partial charge in [-0.25, -0.2) is 0 Å². The standard InChI is InChI=1S/C28H36F3NO6S/c1-5-19(3)37-23-15-11-21(12-16-23)10-13-22-14-17-25-20(4)24(9-7-6-8-18(22)2)26(33)32(27(25)34)38-39(35,36)28(29,30)31/h10-13,15-16,18,20,22,24-25H,3,5-9,14,17H2,1-2,4H3/b13-10-/t18-,20?,22?,24?,25?/m0/s1. The number of imide groups is 1. The molecule has 11 heteroatoms. The lowest BCUT2D eigenvalue weighted by atomic mass is 9.73. The van der Waals surface area contributed by atoms with Crippen LogP contribution in [-0.4, -0.2) is 30.8 Å². The number of benzene rings is 1. The number of piperidine rings is 1. The number of nitrogens with zero attached hydrogens (tertiary/aromatic N) is 1. The van der Waals surface area contributed by atoms with Gasteiger partial charge in [0.2, 0.25) is 0 Å². The molecule has 1 aliphatic heterocycles. The summed E-state index contributed by atoms with van der Waals surface area (Å²) in [6.07, 6.45) is 8.20. The SMILES string of the molecule is C=C(CC)Oc1ccc(/C=C\C2CCC3C(=O)N(OS(=O)(=O)C(F)(F)F)C(=O)C(CCCC[C@@H]2C)C3C)cc1. The van der Waals surface area contributed by atoms with Crippen molar-refractivity contribution in [2.24, 2.45) is 29.6 Å². The van der Waals surface area contributed by atoms with Gasteiger partial charge in [0.25, 0.3) is 11.8 Å². The zero-order valence-corrected chi connectivity index (χ0v) is 23.3. The number of carbonyl (C=O) groups excluding carboxylic acids is 2. The molecule has 216 valence electrons. The summed E-state index contributed by atoms with van der Waals surface area (Å²) in [5.74, 6) is -2.51. The van der Waals surface area contributed by atoms with Crippen molar-refractivity contribution in [1.29, 1.82) is 0 Å². The Bertz CT molecular complexity index is 1180. The molecule has 7 nitrogen and oxygen atoms in total. The van der Waals surface area contributed by atoms with Crippen molar-refractivity contribution < 1.29 is 40.2 Å². The molecule has 1 heterocycles. The summed E-state index contributed by atoms with van der Waals surface area (Å²) < 4.78 is 71.9. The van der Waals surface area contributed by atoms with Gasteiger partial charge in [0.1, 0.15) is 5.75 Å². The van der Waals surface area contributed by atoms with Gasteiger partial charge < -0.3 is 4.74 Å². The van der Waals surface area contributed by atoms with Crippen LogP contribution in [0.15, 0.2) is 42.7 Å². The zero-order chi connectivity index (χ0) is 29.0. The Kier molecular flexibility index (Phi) is 10.0. The second kappa shape index (κ2) is 12.7. The number of rotatable bonds is 7. The van der Waals surface area contributed by atoms with Crippen LogP contribution >= 0.6 is 0 Å². The van der Waals surface area contributed by atoms with Crippen LogP contribution in [-0.2, 0) is 24.0 Å². The number of hydroxylamine groups is 2. The van der Waals surface area contributed by atoms with Gasteiger partial charge in [-0.15, -0.1) is 9.35 Å². The van der Waals surface area contributed by atoms with Crippen molar-refractivity contribution in [3.63, 3.8) is 0 Å². The van der Waals surface area contributed by atoms with Gasteiger partial charge in [0.15, 0.2) is 0 Å². The van der Waals surface area contributed by atoms with Gasteiger partial charge in [0, 0.05) is 18.3 Å². The van der Waals surface area contributed by atoms with Crippen LogP contribution in [0.4, 0.5) is 13.2 Å². The first-order chi connectivity index (χ1) is 18.2. The van der Waals surface area contributed by atoms with Gasteiger partial charge in [-0.05, 0) is 54.7 Å². The van der Waals surface area contributed by atoms with Crippen molar-refractivity contribution in [1.82, 2.24) is 5.06 Å². The third-order valence-electron chi connectivity index (χ3n) is 7.80. The van der Waals surface area contributed by atoms with E-state index < -0.39 is 45.2 Å². The van der Waals surface area contributed by atoms with Crippen molar-refractivity contribution in [3.8, 4) is 5.75 Å². The summed E-state index contributed by atoms with van der Waals surface area (Å²) in [4.78, 5) is 26.0. The van der Waals surface area contributed by atoms with Gasteiger partial charge in [-0.1, -0.05) is 70.9 Å². The minimum absolute atomic E-state index is 0.0586. The van der Waals surface area contributed by atoms with Gasteiger partial charge in [0.05, 0.1) is 5.76 Å². The Balaban J connectivity index is 1.80. The van der Waals surface area contributed by atoms with Crippen LogP contribution in [0.25, 0.3) is 6.08 Å². The highest BCUT2D eigenvalue weighted by Gasteiger charge is 2.54. The Morgan fingerprint density at radius 3 is 2.21 bits per heavy atom. The first-order valence-electron chi connectivity index (χ1n) is 13.3. The summed E-state index contributed by atoms with van der Waals surface area (Å²) in [5.41, 5.74) is -4.81. The monoisotopic (exact) mass is 571 g/mol. The van der Waals surface area contributed by atoms with E-state index in [1.807, 2.05) is 37.3 Å². The number of allylic oxidation sites excluding steroid dienone is 2. The van der Waals surface area contributed by atoms with E-state index in [4.69, 9.17) is 4.74 Å². The smallest absolute Gasteiger partial charge is 0.462 e. The number of hydrogen-bond acceptors (Lipinski definition) is 6. The molecule has 4 unspecified atom stereocenters. The summed E-state index contributed by atoms with van der Waals surface area (Å²) in [6, 6.07) is 7.54. The van der Waals surface area contributed by atoms with Crippen LogP contribution in [0.5, 0.6) is 5.75 Å². The first kappa shape index (κ1) is 30.9. The Morgan fingerprint density at radius 1 is 1.03 bits per heavy atom. The minimum Gasteiger partial charge on any atom is -0.462 e. The molecule has 1 aromatic carbocycles. The van der Waals surface area contributed by atoms with E-state index in [9.17, 15) is 31.2 Å². The molecule has 2 amide bonds. The minimum atomic E-state index is -6.17. The molecular weight excluding hydrogens is 535 g/mol. The maximum absolute atomic E-state index is 13.1. The van der Waals surface area contributed by atoms with Gasteiger partial charge in [-0.2, -0.15) is 21.6 Å². The topological polar surface area (TPSA) is 90.0 Å². The molecule has 5 atom stereocenters. The summed E-state index contributed by atoms with van der Waals surface area (Å²) in [6.45, 7) is 9.63. The van der Waals surface area contributed by atoms with Crippen molar-refractivity contribution in [2.45, 2.75) is 71.2 Å². The molecule has 2 fully saturated rings. The van der Waals surface area contributed by atoms with E-state index >= 15 is 0 Å². The van der Waals surface area contributed by atoms with Gasteiger partial charge >= 0.3 is 15.6 Å². The lowest BCUT2D eigenvalue weighted by Gasteiger charge is -2.39. The van der Waals surface area contributed by atoms with Crippen LogP contribution < -0.4 is 4.74 Å². The quantitative estimate of drug-likeness (QED) is 0.207. The molecule has 1 aromatic rings. The molecule has 0 spiro atoms. The average Bonchev–Trinajstić information content (AvgIpc) is 2.89. The third-order valence-corrected chi connectivity index (χ3v) is 8.71. The predicted octanol–water partition coefficient (Wildman–Crippen LogP) is 6.63. The van der Waals surface area contributed by atoms with E-state index in [2.05, 4.69) is 23.9 Å². The second-order valence-corrected chi connectivity index (χ2v) is 12.0. The fraction of sp³-hybridized carbons (Fsp3) is 0.571. The molecule has 0 aromatic heterocycles. The summed E-state index contributed by atoms with van der Waals surface area (Å²) in [5, 5.41) is -0.152. The van der Waals surface area contributed by atoms with E-state index in [0.717, 1.165) is 18.4 Å². The number of alkyl halides is 3. The maximum Gasteiger partial charge on any atom is 0.525 e. The normalized spacial score (nSPS) is 27.3. The molecule has 0 N–H and O–H groups in total. The summed E-state index contributed by atoms with van der Waals surface area (Å²) >= 11 is 0. The molecule has 39 heavy (non-hydrogen) atoms. The number of ether oxygens (including phenoxy) is 1. The number of amides is 2. The first-order valence-corrected chi connectivity index (χ1v) is 14.7. The fourth-order valence-electron chi connectivity index (χ4n) is 5.23. The zero-order valence-electron chi connectivity index (χ0n) is 22.4. The van der Waals surface area contributed by atoms with E-state index in [1.54, 1.807) is 6.92 Å². The molecule has 1 saturated carbocycles. The summed E-state index contributed by atoms with van der Waals surface area (Å²) in [7, 11) is -6.17. The lowest BCUT2D eigenvalue weighted by molar-refractivity contribution is -0.191. The third kappa shape index (κ3) is 7.51. The number of halogens is 3. The highest BCUT2D eigenvalue weighted by Crippen LogP contribution is 2.40. The van der Waals surface area contributed by atoms with Crippen LogP contribution in [0.1, 0.15) is 71.3 Å². The van der Waals surface area contributed by atoms with Crippen LogP contribution in [0.3, 0.4) is 0 Å². The number of carbonyl (C=O) groups is 2. The Hall–Kier alpha value is -2.66. The number of fused-ring (bicyclic) bond motifs is 2. The van der Waals surface area contributed by atoms with Gasteiger partial charge in [-0.3, -0.25) is 9.59 Å². The second-order valence-electron chi connectivity index (χ2n) is 10.4.